The molecule has 0 aromatic heterocycles. The summed E-state index contributed by atoms with van der Waals surface area (Å²) in [6.07, 6.45) is -1.13. The van der Waals surface area contributed by atoms with Crippen LogP contribution in [0.5, 0.6) is 0 Å². The summed E-state index contributed by atoms with van der Waals surface area (Å²) in [4.78, 5) is 15.7. The van der Waals surface area contributed by atoms with E-state index in [-0.39, 0.29) is 11.4 Å². The monoisotopic (exact) mass is 365 g/mol. The first-order valence-electron chi connectivity index (χ1n) is 7.89. The van der Waals surface area contributed by atoms with Crippen molar-refractivity contribution in [3.63, 3.8) is 0 Å². The van der Waals surface area contributed by atoms with Crippen molar-refractivity contribution in [2.75, 3.05) is 10.6 Å². The molecule has 0 heterocycles. The Morgan fingerprint density at radius 2 is 1.88 bits per heavy atom. The highest BCUT2D eigenvalue weighted by Gasteiger charge is 2.31. The molecule has 140 valence electrons. The normalized spacial score (nSPS) is 12.5. The third kappa shape index (κ3) is 6.23. The highest BCUT2D eigenvalue weighted by Crippen LogP contribution is 2.34. The molecule has 0 saturated heterocycles. The summed E-state index contributed by atoms with van der Waals surface area (Å²) in [6, 6.07) is 2.99. The largest absolute Gasteiger partial charge is 0.416 e. The van der Waals surface area contributed by atoms with Gasteiger partial charge >= 0.3 is 6.18 Å². The van der Waals surface area contributed by atoms with E-state index < -0.39 is 17.6 Å². The number of aliphatic imine (C=N–C) groups is 1. The first-order valence-corrected chi connectivity index (χ1v) is 7.89. The molecule has 0 saturated carbocycles. The van der Waals surface area contributed by atoms with Gasteiger partial charge in [0.1, 0.15) is 5.84 Å². The molecule has 1 amide bonds. The molecule has 0 unspecified atom stereocenters. The molecule has 1 rings (SSSR count). The molecule has 1 aromatic rings. The van der Waals surface area contributed by atoms with Gasteiger partial charge < -0.3 is 10.6 Å². The second-order valence-electron chi connectivity index (χ2n) is 5.58. The van der Waals surface area contributed by atoms with Crippen molar-refractivity contribution in [3.05, 3.63) is 60.3 Å². The minimum atomic E-state index is -4.50. The van der Waals surface area contributed by atoms with E-state index in [1.165, 1.54) is 6.07 Å². The van der Waals surface area contributed by atoms with Gasteiger partial charge in [0.25, 0.3) is 0 Å². The highest BCUT2D eigenvalue weighted by atomic mass is 19.4. The van der Waals surface area contributed by atoms with Crippen LogP contribution in [0.15, 0.2) is 59.8 Å². The third-order valence-electron chi connectivity index (χ3n) is 3.45. The van der Waals surface area contributed by atoms with E-state index in [0.29, 0.717) is 5.84 Å². The number of anilines is 2. The Bertz CT molecular complexity index is 762. The van der Waals surface area contributed by atoms with Crippen LogP contribution in [0.2, 0.25) is 0 Å². The van der Waals surface area contributed by atoms with Crippen molar-refractivity contribution >= 4 is 23.1 Å². The number of rotatable bonds is 6. The fraction of sp³-hybridized carbons (Fsp3) is 0.263. The first kappa shape index (κ1) is 21.2. The van der Waals surface area contributed by atoms with Gasteiger partial charge in [0.05, 0.1) is 16.9 Å². The molecule has 4 nitrogen and oxygen atoms in total. The van der Waals surface area contributed by atoms with Gasteiger partial charge in [-0.25, -0.2) is 4.99 Å². The fourth-order valence-electron chi connectivity index (χ4n) is 2.02. The van der Waals surface area contributed by atoms with Gasteiger partial charge in [0, 0.05) is 6.20 Å². The molecule has 0 atom stereocenters. The van der Waals surface area contributed by atoms with Gasteiger partial charge in [-0.1, -0.05) is 25.7 Å². The molecule has 0 fully saturated rings. The van der Waals surface area contributed by atoms with Crippen LogP contribution < -0.4 is 10.6 Å². The number of amides is 1. The highest BCUT2D eigenvalue weighted by molar-refractivity contribution is 6.04. The van der Waals surface area contributed by atoms with Crippen molar-refractivity contribution in [1.82, 2.24) is 0 Å². The predicted molar refractivity (Wildman–Crippen MR) is 100 cm³/mol. The number of halogens is 3. The number of hydrogen-bond donors (Lipinski definition) is 2. The van der Waals surface area contributed by atoms with Gasteiger partial charge in [-0.05, 0) is 50.1 Å². The van der Waals surface area contributed by atoms with Crippen LogP contribution in [0, 0.1) is 0 Å². The van der Waals surface area contributed by atoms with E-state index >= 15 is 0 Å². The van der Waals surface area contributed by atoms with E-state index in [2.05, 4.69) is 28.8 Å². The Kier molecular flexibility index (Phi) is 7.37. The summed E-state index contributed by atoms with van der Waals surface area (Å²) < 4.78 is 38.9. The summed E-state index contributed by atoms with van der Waals surface area (Å²) in [5.74, 6) is -0.163. The van der Waals surface area contributed by atoms with Gasteiger partial charge in [0.2, 0.25) is 5.91 Å². The molecule has 0 spiro atoms. The number of amidine groups is 1. The minimum Gasteiger partial charge on any atom is -0.342 e. The van der Waals surface area contributed by atoms with E-state index in [4.69, 9.17) is 0 Å². The Morgan fingerprint density at radius 1 is 1.23 bits per heavy atom. The van der Waals surface area contributed by atoms with Crippen LogP contribution in [0.4, 0.5) is 24.5 Å². The maximum absolute atomic E-state index is 13.0. The molecular formula is C19H22F3N3O. The zero-order valence-corrected chi connectivity index (χ0v) is 15.0. The van der Waals surface area contributed by atoms with Gasteiger partial charge in [-0.3, -0.25) is 4.79 Å². The SMILES string of the molecule is C=CC(=O)Nc1ccc(C(F)(F)F)cc1NC(C)=N/C=C(/CC)C(=C)C. The van der Waals surface area contributed by atoms with Crippen molar-refractivity contribution in [3.8, 4) is 0 Å². The number of allylic oxidation sites excluding steroid dienone is 2. The molecule has 2 N–H and O–H groups in total. The number of carbonyl (C=O) groups excluding carboxylic acids is 1. The van der Waals surface area contributed by atoms with Gasteiger partial charge in [-0.15, -0.1) is 0 Å². The predicted octanol–water partition coefficient (Wildman–Crippen LogP) is 5.53. The van der Waals surface area contributed by atoms with Crippen LogP contribution in [0.3, 0.4) is 0 Å². The van der Waals surface area contributed by atoms with Crippen molar-refractivity contribution < 1.29 is 18.0 Å². The summed E-state index contributed by atoms with van der Waals surface area (Å²) in [6.45, 7) is 12.6. The Hall–Kier alpha value is -2.83. The lowest BCUT2D eigenvalue weighted by Crippen LogP contribution is -2.15. The molecule has 0 radical (unpaired) electrons. The number of alkyl halides is 3. The lowest BCUT2D eigenvalue weighted by Gasteiger charge is -2.15. The number of hydrogen-bond acceptors (Lipinski definition) is 2. The second-order valence-corrected chi connectivity index (χ2v) is 5.58. The first-order chi connectivity index (χ1) is 12.1. The van der Waals surface area contributed by atoms with E-state index in [9.17, 15) is 18.0 Å². The van der Waals surface area contributed by atoms with Crippen molar-refractivity contribution in [2.45, 2.75) is 33.4 Å². The third-order valence-corrected chi connectivity index (χ3v) is 3.45. The zero-order chi connectivity index (χ0) is 19.9. The summed E-state index contributed by atoms with van der Waals surface area (Å²) >= 11 is 0. The van der Waals surface area contributed by atoms with Gasteiger partial charge in [0.15, 0.2) is 0 Å². The quantitative estimate of drug-likeness (QED) is 0.301. The lowest BCUT2D eigenvalue weighted by atomic mass is 10.1. The van der Waals surface area contributed by atoms with E-state index in [1.807, 2.05) is 13.8 Å². The van der Waals surface area contributed by atoms with Crippen LogP contribution in [-0.2, 0) is 11.0 Å². The molecule has 0 aliphatic heterocycles. The van der Waals surface area contributed by atoms with Crippen LogP contribution in [0.1, 0.15) is 32.8 Å². The smallest absolute Gasteiger partial charge is 0.342 e. The fourth-order valence-corrected chi connectivity index (χ4v) is 2.02. The number of nitrogens with zero attached hydrogens (tertiary/aromatic N) is 1. The van der Waals surface area contributed by atoms with E-state index in [1.54, 1.807) is 13.1 Å². The Labute approximate surface area is 151 Å². The minimum absolute atomic E-state index is 0.0815. The second kappa shape index (κ2) is 9.03. The maximum atomic E-state index is 13.0. The average Bonchev–Trinajstić information content (AvgIpc) is 2.55. The molecular weight excluding hydrogens is 343 g/mol. The topological polar surface area (TPSA) is 53.5 Å². The number of carbonyl (C=O) groups is 1. The summed E-state index contributed by atoms with van der Waals surface area (Å²) in [7, 11) is 0. The molecule has 1 aromatic carbocycles. The Morgan fingerprint density at radius 3 is 2.38 bits per heavy atom. The molecule has 0 aliphatic rings. The summed E-state index contributed by atoms with van der Waals surface area (Å²) in [5.41, 5.74) is 1.23. The van der Waals surface area contributed by atoms with Crippen LogP contribution in [-0.4, -0.2) is 11.7 Å². The molecule has 7 heteroatoms. The standard InChI is InChI=1S/C19H22F3N3O/c1-6-14(12(3)4)11-23-13(5)24-17-10-15(19(20,21)22)8-9-16(17)25-18(26)7-2/h7-11H,2-3,6H2,1,4-5H3,(H,23,24)(H,25,26)/b14-11-. The molecule has 26 heavy (non-hydrogen) atoms. The van der Waals surface area contributed by atoms with Crippen LogP contribution in [0.25, 0.3) is 0 Å². The average molecular weight is 365 g/mol. The Balaban J connectivity index is 3.23. The number of nitrogens with one attached hydrogen (secondary N) is 2. The number of benzene rings is 1. The zero-order valence-electron chi connectivity index (χ0n) is 15.0. The van der Waals surface area contributed by atoms with Gasteiger partial charge in [-0.2, -0.15) is 13.2 Å². The lowest BCUT2D eigenvalue weighted by molar-refractivity contribution is -0.137. The van der Waals surface area contributed by atoms with Crippen LogP contribution >= 0.6 is 0 Å². The van der Waals surface area contributed by atoms with Crippen molar-refractivity contribution in [1.29, 1.82) is 0 Å². The molecule has 0 bridgehead atoms. The van der Waals surface area contributed by atoms with E-state index in [0.717, 1.165) is 35.8 Å². The van der Waals surface area contributed by atoms with Crippen molar-refractivity contribution in [2.24, 2.45) is 4.99 Å². The maximum Gasteiger partial charge on any atom is 0.416 e. The summed E-state index contributed by atoms with van der Waals surface area (Å²) in [5, 5.41) is 5.26. The molecule has 0 aliphatic carbocycles.